The molecule has 5 heteroatoms. The number of likely N-dealkylation sites (tertiary alicyclic amines) is 1. The standard InChI is InChI=1S/C20H31N3O2/c1-2-3-4-5-6-12-21-19(24)16-22-18-11-9-10-17(15-18)20(25)23-13-7-8-14-23/h9-11,15,22H,2-8,12-14,16H2,1H3,(H,21,24). The minimum absolute atomic E-state index is 0.00763. The number of rotatable bonds is 10. The molecule has 5 nitrogen and oxygen atoms in total. The van der Waals surface area contributed by atoms with Crippen molar-refractivity contribution >= 4 is 17.5 Å². The van der Waals surface area contributed by atoms with E-state index in [1.54, 1.807) is 0 Å². The van der Waals surface area contributed by atoms with Gasteiger partial charge in [-0.25, -0.2) is 0 Å². The fourth-order valence-corrected chi connectivity index (χ4v) is 3.07. The monoisotopic (exact) mass is 345 g/mol. The van der Waals surface area contributed by atoms with E-state index in [2.05, 4.69) is 17.6 Å². The highest BCUT2D eigenvalue weighted by Crippen LogP contribution is 2.16. The summed E-state index contributed by atoms with van der Waals surface area (Å²) in [6.45, 7) is 4.85. The quantitative estimate of drug-likeness (QED) is 0.639. The molecule has 0 unspecified atom stereocenters. The summed E-state index contributed by atoms with van der Waals surface area (Å²) in [6.07, 6.45) is 8.11. The molecule has 2 rings (SSSR count). The molecule has 0 aromatic heterocycles. The van der Waals surface area contributed by atoms with Crippen LogP contribution in [0.1, 0.15) is 62.2 Å². The van der Waals surface area contributed by atoms with Crippen molar-refractivity contribution in [3.63, 3.8) is 0 Å². The lowest BCUT2D eigenvalue weighted by molar-refractivity contribution is -0.119. The zero-order valence-electron chi connectivity index (χ0n) is 15.4. The van der Waals surface area contributed by atoms with Crippen molar-refractivity contribution in [3.8, 4) is 0 Å². The van der Waals surface area contributed by atoms with Crippen molar-refractivity contribution < 1.29 is 9.59 Å². The van der Waals surface area contributed by atoms with Gasteiger partial charge in [-0.15, -0.1) is 0 Å². The molecule has 1 aromatic carbocycles. The van der Waals surface area contributed by atoms with Crippen LogP contribution in [0.25, 0.3) is 0 Å². The maximum Gasteiger partial charge on any atom is 0.253 e. The van der Waals surface area contributed by atoms with Crippen LogP contribution in [0.2, 0.25) is 0 Å². The molecule has 1 fully saturated rings. The Morgan fingerprint density at radius 2 is 1.84 bits per heavy atom. The van der Waals surface area contributed by atoms with Gasteiger partial charge in [-0.2, -0.15) is 0 Å². The summed E-state index contributed by atoms with van der Waals surface area (Å²) in [4.78, 5) is 26.2. The lowest BCUT2D eigenvalue weighted by Crippen LogP contribution is -2.30. The predicted octanol–water partition coefficient (Wildman–Crippen LogP) is 3.42. The molecule has 0 radical (unpaired) electrons. The molecule has 1 aromatic rings. The van der Waals surface area contributed by atoms with Gasteiger partial charge in [-0.05, 0) is 37.5 Å². The number of anilines is 1. The number of nitrogens with one attached hydrogen (secondary N) is 2. The number of benzene rings is 1. The molecular weight excluding hydrogens is 314 g/mol. The zero-order valence-corrected chi connectivity index (χ0v) is 15.4. The van der Waals surface area contributed by atoms with Gasteiger partial charge >= 0.3 is 0 Å². The maximum absolute atomic E-state index is 12.4. The summed E-state index contributed by atoms with van der Waals surface area (Å²) < 4.78 is 0. The van der Waals surface area contributed by atoms with E-state index in [1.807, 2.05) is 29.2 Å². The summed E-state index contributed by atoms with van der Waals surface area (Å²) >= 11 is 0. The van der Waals surface area contributed by atoms with Crippen molar-refractivity contribution in [2.45, 2.75) is 51.9 Å². The molecule has 0 bridgehead atoms. The van der Waals surface area contributed by atoms with E-state index < -0.39 is 0 Å². The van der Waals surface area contributed by atoms with Gasteiger partial charge in [0, 0.05) is 30.9 Å². The van der Waals surface area contributed by atoms with E-state index in [0.717, 1.165) is 44.6 Å². The normalized spacial score (nSPS) is 13.7. The maximum atomic E-state index is 12.4. The van der Waals surface area contributed by atoms with Crippen LogP contribution in [0.15, 0.2) is 24.3 Å². The van der Waals surface area contributed by atoms with Crippen LogP contribution < -0.4 is 10.6 Å². The highest BCUT2D eigenvalue weighted by molar-refractivity contribution is 5.95. The Morgan fingerprint density at radius 1 is 1.08 bits per heavy atom. The van der Waals surface area contributed by atoms with E-state index in [0.29, 0.717) is 5.56 Å². The zero-order chi connectivity index (χ0) is 17.9. The number of carbonyl (C=O) groups is 2. The first-order valence-electron chi connectivity index (χ1n) is 9.60. The molecular formula is C20H31N3O2. The molecule has 1 heterocycles. The van der Waals surface area contributed by atoms with Crippen LogP contribution in [-0.2, 0) is 4.79 Å². The Balaban J connectivity index is 1.70. The Bertz CT molecular complexity index is 554. The lowest BCUT2D eigenvalue weighted by atomic mass is 10.1. The van der Waals surface area contributed by atoms with Crippen LogP contribution in [0.4, 0.5) is 5.69 Å². The van der Waals surface area contributed by atoms with E-state index in [9.17, 15) is 9.59 Å². The first-order chi connectivity index (χ1) is 12.2. The highest BCUT2D eigenvalue weighted by Gasteiger charge is 2.19. The second-order valence-electron chi connectivity index (χ2n) is 6.70. The Kier molecular flexibility index (Phi) is 8.29. The summed E-state index contributed by atoms with van der Waals surface area (Å²) in [5.41, 5.74) is 1.49. The molecule has 2 N–H and O–H groups in total. The first-order valence-corrected chi connectivity index (χ1v) is 9.60. The van der Waals surface area contributed by atoms with E-state index in [-0.39, 0.29) is 18.4 Å². The second-order valence-corrected chi connectivity index (χ2v) is 6.70. The number of hydrogen-bond acceptors (Lipinski definition) is 3. The van der Waals surface area contributed by atoms with Gasteiger partial charge in [0.1, 0.15) is 0 Å². The number of carbonyl (C=O) groups excluding carboxylic acids is 2. The van der Waals surface area contributed by atoms with Crippen LogP contribution in [0, 0.1) is 0 Å². The Labute approximate surface area is 151 Å². The van der Waals surface area contributed by atoms with Gasteiger partial charge in [-0.3, -0.25) is 9.59 Å². The Morgan fingerprint density at radius 3 is 2.60 bits per heavy atom. The summed E-state index contributed by atoms with van der Waals surface area (Å²) in [6, 6.07) is 7.41. The van der Waals surface area contributed by atoms with Crippen LogP contribution in [0.5, 0.6) is 0 Å². The lowest BCUT2D eigenvalue weighted by Gasteiger charge is -2.16. The minimum atomic E-state index is -0.00763. The SMILES string of the molecule is CCCCCCCNC(=O)CNc1cccc(C(=O)N2CCCC2)c1. The van der Waals surface area contributed by atoms with Gasteiger partial charge in [-0.1, -0.05) is 38.7 Å². The van der Waals surface area contributed by atoms with Gasteiger partial charge in [0.2, 0.25) is 5.91 Å². The third kappa shape index (κ3) is 6.77. The molecule has 0 spiro atoms. The first kappa shape index (κ1) is 19.3. The van der Waals surface area contributed by atoms with Crippen LogP contribution in [-0.4, -0.2) is 42.9 Å². The number of amides is 2. The Hall–Kier alpha value is -2.04. The number of unbranched alkanes of at least 4 members (excludes halogenated alkanes) is 4. The minimum Gasteiger partial charge on any atom is -0.376 e. The third-order valence-electron chi connectivity index (χ3n) is 4.56. The summed E-state index contributed by atoms with van der Waals surface area (Å²) in [5.74, 6) is 0.0736. The smallest absolute Gasteiger partial charge is 0.253 e. The number of hydrogen-bond donors (Lipinski definition) is 2. The average Bonchev–Trinajstić information content (AvgIpc) is 3.17. The van der Waals surface area contributed by atoms with E-state index >= 15 is 0 Å². The second kappa shape index (κ2) is 10.7. The van der Waals surface area contributed by atoms with Crippen molar-refractivity contribution in [3.05, 3.63) is 29.8 Å². The molecule has 0 aliphatic carbocycles. The van der Waals surface area contributed by atoms with Crippen LogP contribution in [0.3, 0.4) is 0 Å². The van der Waals surface area contributed by atoms with Gasteiger partial charge in [0.05, 0.1) is 6.54 Å². The molecule has 1 saturated heterocycles. The molecule has 2 amide bonds. The highest BCUT2D eigenvalue weighted by atomic mass is 16.2. The van der Waals surface area contributed by atoms with Gasteiger partial charge in [0.15, 0.2) is 0 Å². The van der Waals surface area contributed by atoms with Crippen molar-refractivity contribution in [1.82, 2.24) is 10.2 Å². The van der Waals surface area contributed by atoms with Crippen molar-refractivity contribution in [2.75, 3.05) is 31.5 Å². The van der Waals surface area contributed by atoms with E-state index in [1.165, 1.54) is 25.7 Å². The van der Waals surface area contributed by atoms with Crippen molar-refractivity contribution in [1.29, 1.82) is 0 Å². The van der Waals surface area contributed by atoms with Crippen molar-refractivity contribution in [2.24, 2.45) is 0 Å². The van der Waals surface area contributed by atoms with E-state index in [4.69, 9.17) is 0 Å². The van der Waals surface area contributed by atoms with Gasteiger partial charge < -0.3 is 15.5 Å². The average molecular weight is 345 g/mol. The van der Waals surface area contributed by atoms with Gasteiger partial charge in [0.25, 0.3) is 5.91 Å². The fourth-order valence-electron chi connectivity index (χ4n) is 3.07. The molecule has 0 atom stereocenters. The molecule has 1 aliphatic heterocycles. The predicted molar refractivity (Wildman–Crippen MR) is 102 cm³/mol. The summed E-state index contributed by atoms with van der Waals surface area (Å²) in [5, 5.41) is 6.04. The molecule has 1 aliphatic rings. The topological polar surface area (TPSA) is 61.4 Å². The van der Waals surface area contributed by atoms with Crippen LogP contribution >= 0.6 is 0 Å². The molecule has 138 valence electrons. The molecule has 0 saturated carbocycles. The molecule has 25 heavy (non-hydrogen) atoms. The fraction of sp³-hybridized carbons (Fsp3) is 0.600. The largest absolute Gasteiger partial charge is 0.376 e. The number of nitrogens with zero attached hydrogens (tertiary/aromatic N) is 1. The summed E-state index contributed by atoms with van der Waals surface area (Å²) in [7, 11) is 0. The third-order valence-corrected chi connectivity index (χ3v) is 4.56.